The number of nitrogens with one attached hydrogen (secondary N) is 7. The standard InChI is InChI=1S/C46H90N12O15/c1-40(59)48-5-21-67-30-33-71-25-9-52-44(63)37-56-14-12-55(36-43(62)51-8-24-70-29-28-66-20-4-47)13-15-57(38-45(64)53-10-26-72-34-31-68-22-6-49-41(2)60)17-19-58(18-16-56)39-46(65)54-11-27-73-35-32-69-23-7-50-42(3)61/h4-39,47H2,1-3H3,(H,48,59)(H,49,60)(H,50,61)(H,51,62)(H,52,63)(H,53,64)(H,54,65). The van der Waals surface area contributed by atoms with Crippen LogP contribution in [0.4, 0.5) is 0 Å². The van der Waals surface area contributed by atoms with Gasteiger partial charge in [-0.25, -0.2) is 0 Å². The fraction of sp³-hybridized carbons (Fsp3) is 0.848. The van der Waals surface area contributed by atoms with Gasteiger partial charge in [-0.05, 0) is 0 Å². The molecule has 0 atom stereocenters. The summed E-state index contributed by atoms with van der Waals surface area (Å²) in [5.41, 5.74) is 5.45. The second kappa shape index (κ2) is 47.5. The van der Waals surface area contributed by atoms with E-state index in [1.165, 1.54) is 20.8 Å². The number of carbonyl (C=O) groups excluding carboxylic acids is 7. The van der Waals surface area contributed by atoms with Gasteiger partial charge < -0.3 is 80.8 Å². The van der Waals surface area contributed by atoms with Crippen LogP contribution in [0, 0.1) is 0 Å². The van der Waals surface area contributed by atoms with Gasteiger partial charge in [0.25, 0.3) is 0 Å². The Morgan fingerprint density at radius 2 is 0.479 bits per heavy atom. The first kappa shape index (κ1) is 66.8. The maximum atomic E-state index is 13.3. The van der Waals surface area contributed by atoms with Gasteiger partial charge in [0.05, 0.1) is 132 Å². The van der Waals surface area contributed by atoms with E-state index in [1.54, 1.807) is 0 Å². The first-order valence-electron chi connectivity index (χ1n) is 25.4. The molecule has 27 nitrogen and oxygen atoms in total. The van der Waals surface area contributed by atoms with Crippen molar-refractivity contribution in [3.63, 3.8) is 0 Å². The normalized spacial score (nSPS) is 14.4. The molecule has 1 fully saturated rings. The summed E-state index contributed by atoms with van der Waals surface area (Å²) >= 11 is 0. The highest BCUT2D eigenvalue weighted by atomic mass is 16.5. The lowest BCUT2D eigenvalue weighted by Gasteiger charge is -2.33. The second-order valence-electron chi connectivity index (χ2n) is 16.6. The molecule has 27 heteroatoms. The number of nitrogens with two attached hydrogens (primary N) is 1. The molecule has 0 radical (unpaired) electrons. The molecule has 9 N–H and O–H groups in total. The Hall–Kier alpha value is -4.23. The van der Waals surface area contributed by atoms with Crippen molar-refractivity contribution in [1.82, 2.24) is 56.8 Å². The lowest BCUT2D eigenvalue weighted by molar-refractivity contribution is -0.125. The number of ether oxygens (including phenoxy) is 8. The molecule has 0 aromatic heterocycles. The van der Waals surface area contributed by atoms with Crippen LogP contribution >= 0.6 is 0 Å². The van der Waals surface area contributed by atoms with E-state index in [9.17, 15) is 33.6 Å². The van der Waals surface area contributed by atoms with Crippen LogP contribution in [0.5, 0.6) is 0 Å². The average molecular weight is 1050 g/mol. The lowest BCUT2D eigenvalue weighted by atomic mass is 10.3. The molecule has 73 heavy (non-hydrogen) atoms. The maximum Gasteiger partial charge on any atom is 0.234 e. The molecular formula is C46H90N12O15. The molecular weight excluding hydrogens is 961 g/mol. The van der Waals surface area contributed by atoms with Gasteiger partial charge in [-0.1, -0.05) is 0 Å². The summed E-state index contributed by atoms with van der Waals surface area (Å²) in [6.07, 6.45) is 0. The molecule has 424 valence electrons. The summed E-state index contributed by atoms with van der Waals surface area (Å²) < 4.78 is 44.0. The first-order chi connectivity index (χ1) is 35.4. The van der Waals surface area contributed by atoms with E-state index in [1.807, 2.05) is 19.6 Å². The number of nitrogens with zero attached hydrogens (tertiary/aromatic N) is 4. The van der Waals surface area contributed by atoms with E-state index in [2.05, 4.69) is 37.2 Å². The Labute approximate surface area is 431 Å². The summed E-state index contributed by atoms with van der Waals surface area (Å²) in [5, 5.41) is 19.6. The third kappa shape index (κ3) is 44.9. The van der Waals surface area contributed by atoms with Crippen molar-refractivity contribution in [1.29, 1.82) is 0 Å². The molecule has 0 bridgehead atoms. The third-order valence-electron chi connectivity index (χ3n) is 10.3. The van der Waals surface area contributed by atoms with Crippen LogP contribution in [0.1, 0.15) is 20.8 Å². The summed E-state index contributed by atoms with van der Waals surface area (Å²) in [4.78, 5) is 94.1. The molecule has 0 unspecified atom stereocenters. The zero-order valence-corrected chi connectivity index (χ0v) is 43.9. The maximum absolute atomic E-state index is 13.3. The van der Waals surface area contributed by atoms with Crippen molar-refractivity contribution < 1.29 is 71.5 Å². The molecule has 0 aromatic carbocycles. The van der Waals surface area contributed by atoms with Crippen LogP contribution < -0.4 is 43.0 Å². The van der Waals surface area contributed by atoms with Crippen LogP contribution in [0.25, 0.3) is 0 Å². The van der Waals surface area contributed by atoms with Gasteiger partial charge in [0, 0.05) is 125 Å². The molecule has 0 saturated carbocycles. The lowest BCUT2D eigenvalue weighted by Crippen LogP contribution is -2.51. The Kier molecular flexibility index (Phi) is 43.4. The van der Waals surface area contributed by atoms with Gasteiger partial charge >= 0.3 is 0 Å². The zero-order valence-electron chi connectivity index (χ0n) is 43.9. The highest BCUT2D eigenvalue weighted by Gasteiger charge is 2.22. The van der Waals surface area contributed by atoms with E-state index < -0.39 is 0 Å². The highest BCUT2D eigenvalue weighted by molar-refractivity contribution is 5.79. The molecule has 1 aliphatic heterocycles. The molecule has 7 amide bonds. The van der Waals surface area contributed by atoms with Gasteiger partial charge in [0.15, 0.2) is 0 Å². The van der Waals surface area contributed by atoms with Crippen molar-refractivity contribution in [3.05, 3.63) is 0 Å². The topological polar surface area (TPSA) is 317 Å². The van der Waals surface area contributed by atoms with Gasteiger partial charge in [0.2, 0.25) is 41.4 Å². The number of amides is 7. The van der Waals surface area contributed by atoms with Crippen molar-refractivity contribution in [3.8, 4) is 0 Å². The van der Waals surface area contributed by atoms with Gasteiger partial charge in [-0.15, -0.1) is 0 Å². The van der Waals surface area contributed by atoms with Gasteiger partial charge in [0.1, 0.15) is 0 Å². The minimum atomic E-state index is -0.213. The molecule has 1 rings (SSSR count). The van der Waals surface area contributed by atoms with Crippen LogP contribution in [0.2, 0.25) is 0 Å². The fourth-order valence-electron chi connectivity index (χ4n) is 6.57. The quantitative estimate of drug-likeness (QED) is 0.0264. The minimum absolute atomic E-state index is 0.0612. The van der Waals surface area contributed by atoms with E-state index in [-0.39, 0.29) is 107 Å². The van der Waals surface area contributed by atoms with Crippen molar-refractivity contribution in [2.75, 3.05) is 237 Å². The van der Waals surface area contributed by atoms with Crippen molar-refractivity contribution in [2.24, 2.45) is 5.73 Å². The molecule has 0 aliphatic carbocycles. The summed E-state index contributed by atoms with van der Waals surface area (Å²) in [7, 11) is 0. The van der Waals surface area contributed by atoms with Crippen LogP contribution in [-0.2, 0) is 71.5 Å². The molecule has 1 saturated heterocycles. The molecule has 0 spiro atoms. The minimum Gasteiger partial charge on any atom is -0.378 e. The summed E-state index contributed by atoms with van der Waals surface area (Å²) in [6.45, 7) is 16.3. The largest absolute Gasteiger partial charge is 0.378 e. The van der Waals surface area contributed by atoms with Crippen LogP contribution in [-0.4, -0.2) is 298 Å². The number of hydrogen-bond acceptors (Lipinski definition) is 20. The van der Waals surface area contributed by atoms with E-state index in [0.29, 0.717) is 171 Å². The Morgan fingerprint density at radius 3 is 0.658 bits per heavy atom. The second-order valence-corrected chi connectivity index (χ2v) is 16.6. The zero-order chi connectivity index (χ0) is 53.4. The van der Waals surface area contributed by atoms with Gasteiger partial charge in [-0.2, -0.15) is 0 Å². The predicted molar refractivity (Wildman–Crippen MR) is 269 cm³/mol. The van der Waals surface area contributed by atoms with Crippen molar-refractivity contribution >= 4 is 41.4 Å². The van der Waals surface area contributed by atoms with Crippen LogP contribution in [0.15, 0.2) is 0 Å². The number of rotatable bonds is 43. The fourth-order valence-corrected chi connectivity index (χ4v) is 6.57. The van der Waals surface area contributed by atoms with Crippen molar-refractivity contribution in [2.45, 2.75) is 20.8 Å². The smallest absolute Gasteiger partial charge is 0.234 e. The Balaban J connectivity index is 2.98. The molecule has 0 aromatic rings. The molecule has 1 heterocycles. The Morgan fingerprint density at radius 1 is 0.301 bits per heavy atom. The van der Waals surface area contributed by atoms with E-state index in [4.69, 9.17) is 43.6 Å². The third-order valence-corrected chi connectivity index (χ3v) is 10.3. The Bertz CT molecular complexity index is 1410. The van der Waals surface area contributed by atoms with E-state index in [0.717, 1.165) is 0 Å². The molecule has 1 aliphatic rings. The van der Waals surface area contributed by atoms with Gasteiger partial charge in [-0.3, -0.25) is 53.2 Å². The summed E-state index contributed by atoms with van der Waals surface area (Å²) in [6, 6.07) is 0. The first-order valence-corrected chi connectivity index (χ1v) is 25.4. The van der Waals surface area contributed by atoms with Crippen LogP contribution in [0.3, 0.4) is 0 Å². The highest BCUT2D eigenvalue weighted by Crippen LogP contribution is 2.02. The number of carbonyl (C=O) groups is 7. The number of hydrogen-bond donors (Lipinski definition) is 8. The average Bonchev–Trinajstić information content (AvgIpc) is 3.34. The SMILES string of the molecule is CC(=O)NCCOCCOCCNC(=O)CN1CCN(CC(=O)NCCOCCOCCN)CCN(CC(=O)NCCOCCOCCNC(C)=O)CCN(CC(=O)NCCOCCOCCNC(C)=O)CC1. The monoisotopic (exact) mass is 1050 g/mol. The predicted octanol–water partition coefficient (Wildman–Crippen LogP) is -5.83. The summed E-state index contributed by atoms with van der Waals surface area (Å²) in [5.74, 6) is -1.21. The van der Waals surface area contributed by atoms with E-state index >= 15 is 0 Å².